The SMILES string of the molecule is Cn1c(=O)n(-c2ccc(OCc3ccccc3)nc2OCc2ccccc2)c2ccc(Nc3cnn(CC(=O)Nc4ccc5c(F)c(N6CC(=O)NS6(=O)=O)c(OCc6ccccc6)cc5c4)c3)cc21. The van der Waals surface area contributed by atoms with Crippen LogP contribution in [0.25, 0.3) is 27.5 Å². The number of nitrogens with one attached hydrogen (secondary N) is 3. The summed E-state index contributed by atoms with van der Waals surface area (Å²) >= 11 is 0. The summed E-state index contributed by atoms with van der Waals surface area (Å²) in [7, 11) is -2.69. The van der Waals surface area contributed by atoms with Crippen molar-refractivity contribution in [1.29, 1.82) is 0 Å². The van der Waals surface area contributed by atoms with E-state index in [4.69, 9.17) is 19.2 Å². The molecule has 0 unspecified atom stereocenters. The van der Waals surface area contributed by atoms with Gasteiger partial charge >= 0.3 is 15.9 Å². The number of rotatable bonds is 16. The first kappa shape index (κ1) is 44.8. The Morgan fingerprint density at radius 1 is 0.743 bits per heavy atom. The number of aryl methyl sites for hydroxylation is 1. The number of carbonyl (C=O) groups is 2. The Balaban J connectivity index is 0.848. The topological polar surface area (TPSA) is 193 Å². The number of aromatic nitrogens is 5. The highest BCUT2D eigenvalue weighted by Gasteiger charge is 2.38. The van der Waals surface area contributed by atoms with Gasteiger partial charge in [-0.1, -0.05) is 91.0 Å². The van der Waals surface area contributed by atoms with Crippen LogP contribution in [0.15, 0.2) is 163 Å². The molecular formula is C51H42FN9O8S. The maximum atomic E-state index is 16.3. The molecule has 2 amide bonds. The number of fused-ring (bicyclic) bond motifs is 2. The second kappa shape index (κ2) is 19.0. The molecule has 3 aromatic heterocycles. The molecule has 0 saturated carbocycles. The van der Waals surface area contributed by atoms with Gasteiger partial charge in [0.15, 0.2) is 5.82 Å². The van der Waals surface area contributed by atoms with E-state index < -0.39 is 40.1 Å². The van der Waals surface area contributed by atoms with Gasteiger partial charge in [0.2, 0.25) is 17.7 Å². The van der Waals surface area contributed by atoms with Crippen LogP contribution >= 0.6 is 0 Å². The molecule has 0 spiro atoms. The molecule has 10 rings (SSSR count). The van der Waals surface area contributed by atoms with Gasteiger partial charge in [0.1, 0.15) is 50.0 Å². The summed E-state index contributed by atoms with van der Waals surface area (Å²) in [5, 5.41) is 10.8. The fourth-order valence-electron chi connectivity index (χ4n) is 8.04. The summed E-state index contributed by atoms with van der Waals surface area (Å²) in [6.45, 7) is -0.303. The van der Waals surface area contributed by atoms with Crippen LogP contribution in [0.4, 0.5) is 27.1 Å². The minimum atomic E-state index is -4.37. The van der Waals surface area contributed by atoms with Crippen LogP contribution in [0.1, 0.15) is 16.7 Å². The lowest BCUT2D eigenvalue weighted by Gasteiger charge is -2.21. The zero-order valence-electron chi connectivity index (χ0n) is 37.3. The highest BCUT2D eigenvalue weighted by molar-refractivity contribution is 7.92. The van der Waals surface area contributed by atoms with E-state index in [9.17, 15) is 22.8 Å². The molecule has 0 atom stereocenters. The van der Waals surface area contributed by atoms with Crippen molar-refractivity contribution in [1.82, 2.24) is 28.6 Å². The van der Waals surface area contributed by atoms with Crippen molar-refractivity contribution in [2.45, 2.75) is 26.4 Å². The molecule has 1 fully saturated rings. The summed E-state index contributed by atoms with van der Waals surface area (Å²) in [5.41, 5.74) is 5.13. The standard InChI is InChI=1S/C51H42FN9O8S/c1-58-43-25-38(18-20-41(43)61(51(58)64)42-21-22-47(68-31-34-13-7-3-8-14-34)56-50(42)69-32-35-15-9-4-10-16-35)54-39-26-53-59(27-39)28-45(62)55-37-17-19-40-36(23-37)24-44(67-30-33-11-5-2-6-12-33)49(48(40)52)60-29-46(63)57-70(60,65)66/h2-27,54H,28-32H2,1H3,(H,55,62)(H,57,63). The van der Waals surface area contributed by atoms with Crippen LogP contribution in [-0.2, 0) is 53.2 Å². The number of nitrogens with zero attached hydrogens (tertiary/aromatic N) is 6. The van der Waals surface area contributed by atoms with Crippen molar-refractivity contribution < 1.29 is 36.6 Å². The Hall–Kier alpha value is -8.97. The zero-order valence-corrected chi connectivity index (χ0v) is 38.1. The quantitative estimate of drug-likeness (QED) is 0.0868. The zero-order chi connectivity index (χ0) is 48.4. The molecule has 0 aliphatic carbocycles. The maximum Gasteiger partial charge on any atom is 0.333 e. The van der Waals surface area contributed by atoms with E-state index >= 15 is 4.39 Å². The monoisotopic (exact) mass is 959 g/mol. The first-order chi connectivity index (χ1) is 34.0. The van der Waals surface area contributed by atoms with Crippen molar-refractivity contribution in [3.63, 3.8) is 0 Å². The number of pyridine rings is 1. The average Bonchev–Trinajstić information content (AvgIpc) is 4.00. The summed E-state index contributed by atoms with van der Waals surface area (Å²) < 4.78 is 67.3. The minimum absolute atomic E-state index is 0.0146. The first-order valence-electron chi connectivity index (χ1n) is 21.9. The van der Waals surface area contributed by atoms with Crippen molar-refractivity contribution >= 4 is 66.6 Å². The molecule has 352 valence electrons. The van der Waals surface area contributed by atoms with Crippen LogP contribution in [-0.4, -0.2) is 50.7 Å². The molecule has 6 aromatic carbocycles. The molecule has 0 bridgehead atoms. The van der Waals surface area contributed by atoms with Crippen molar-refractivity contribution in [2.75, 3.05) is 21.5 Å². The summed E-state index contributed by atoms with van der Waals surface area (Å²) in [5.74, 6) is -1.71. The second-order valence-corrected chi connectivity index (χ2v) is 17.9. The molecule has 1 saturated heterocycles. The van der Waals surface area contributed by atoms with Crippen molar-refractivity contribution in [3.8, 4) is 23.2 Å². The van der Waals surface area contributed by atoms with Crippen LogP contribution in [0.5, 0.6) is 17.5 Å². The predicted molar refractivity (Wildman–Crippen MR) is 261 cm³/mol. The number of amides is 2. The fourth-order valence-corrected chi connectivity index (χ4v) is 9.20. The minimum Gasteiger partial charge on any atom is -0.487 e. The summed E-state index contributed by atoms with van der Waals surface area (Å²) in [4.78, 5) is 44.1. The lowest BCUT2D eigenvalue weighted by atomic mass is 10.1. The van der Waals surface area contributed by atoms with E-state index in [0.717, 1.165) is 16.7 Å². The number of carbonyl (C=O) groups excluding carboxylic acids is 2. The van der Waals surface area contributed by atoms with Crippen LogP contribution in [0, 0.1) is 5.82 Å². The number of anilines is 4. The molecular weight excluding hydrogens is 918 g/mol. The van der Waals surface area contributed by atoms with Gasteiger partial charge in [0, 0.05) is 36.1 Å². The Bertz CT molecular complexity index is 3610. The van der Waals surface area contributed by atoms with E-state index in [0.29, 0.717) is 56.0 Å². The first-order valence-corrected chi connectivity index (χ1v) is 23.3. The Morgan fingerprint density at radius 2 is 1.40 bits per heavy atom. The number of imidazole rings is 1. The Morgan fingerprint density at radius 3 is 2.07 bits per heavy atom. The lowest BCUT2D eigenvalue weighted by Crippen LogP contribution is -2.30. The van der Waals surface area contributed by atoms with Crippen LogP contribution < -0.4 is 39.6 Å². The number of hydrogen-bond donors (Lipinski definition) is 3. The van der Waals surface area contributed by atoms with E-state index in [1.807, 2.05) is 89.7 Å². The van der Waals surface area contributed by atoms with Gasteiger partial charge in [-0.15, -0.1) is 0 Å². The molecule has 1 aliphatic heterocycles. The van der Waals surface area contributed by atoms with Crippen molar-refractivity contribution in [2.24, 2.45) is 7.05 Å². The predicted octanol–water partition coefficient (Wildman–Crippen LogP) is 7.51. The van der Waals surface area contributed by atoms with Gasteiger partial charge in [-0.25, -0.2) is 18.2 Å². The largest absolute Gasteiger partial charge is 0.487 e. The molecule has 3 N–H and O–H groups in total. The number of benzene rings is 6. The van der Waals surface area contributed by atoms with Gasteiger partial charge < -0.3 is 24.8 Å². The lowest BCUT2D eigenvalue weighted by molar-refractivity contribution is -0.118. The van der Waals surface area contributed by atoms with Gasteiger partial charge in [0.25, 0.3) is 5.91 Å². The molecule has 1 aliphatic rings. The van der Waals surface area contributed by atoms with E-state index in [2.05, 4.69) is 15.7 Å². The van der Waals surface area contributed by atoms with Gasteiger partial charge in [-0.05, 0) is 70.6 Å². The van der Waals surface area contributed by atoms with Gasteiger partial charge in [-0.3, -0.25) is 23.4 Å². The maximum absolute atomic E-state index is 16.3. The van der Waals surface area contributed by atoms with E-state index in [-0.39, 0.29) is 42.5 Å². The highest BCUT2D eigenvalue weighted by atomic mass is 32.2. The van der Waals surface area contributed by atoms with Crippen LogP contribution in [0.2, 0.25) is 0 Å². The molecule has 0 radical (unpaired) electrons. The third-order valence-electron chi connectivity index (χ3n) is 11.4. The number of hydrogen-bond acceptors (Lipinski definition) is 11. The Labute approximate surface area is 399 Å². The average molecular weight is 960 g/mol. The Kier molecular flexibility index (Phi) is 12.1. The third kappa shape index (κ3) is 9.45. The molecule has 17 nitrogen and oxygen atoms in total. The highest BCUT2D eigenvalue weighted by Crippen LogP contribution is 2.40. The molecule has 19 heteroatoms. The second-order valence-electron chi connectivity index (χ2n) is 16.3. The smallest absolute Gasteiger partial charge is 0.333 e. The van der Waals surface area contributed by atoms with E-state index in [1.54, 1.807) is 60.4 Å². The van der Waals surface area contributed by atoms with Crippen LogP contribution in [0.3, 0.4) is 0 Å². The number of halogens is 1. The fraction of sp³-hybridized carbons (Fsp3) is 0.118. The van der Waals surface area contributed by atoms with E-state index in [1.165, 1.54) is 33.5 Å². The van der Waals surface area contributed by atoms with Crippen molar-refractivity contribution in [3.05, 3.63) is 191 Å². The summed E-state index contributed by atoms with van der Waals surface area (Å²) in [6.07, 6.45) is 3.21. The normalized spacial score (nSPS) is 13.1. The van der Waals surface area contributed by atoms with Gasteiger partial charge in [0.05, 0.1) is 22.9 Å². The molecule has 4 heterocycles. The third-order valence-corrected chi connectivity index (χ3v) is 12.8. The summed E-state index contributed by atoms with van der Waals surface area (Å²) in [6, 6.07) is 43.2. The van der Waals surface area contributed by atoms with Gasteiger partial charge in [-0.2, -0.15) is 18.5 Å². The molecule has 70 heavy (non-hydrogen) atoms. The molecule has 9 aromatic rings. The number of ether oxygens (including phenoxy) is 3.